The van der Waals surface area contributed by atoms with Crippen molar-refractivity contribution < 1.29 is 18.7 Å². The fraction of sp³-hybridized carbons (Fsp3) is 0.391. The molecule has 1 atom stereocenters. The van der Waals surface area contributed by atoms with Gasteiger partial charge in [0.25, 0.3) is 0 Å². The fourth-order valence-electron chi connectivity index (χ4n) is 2.88. The largest absolute Gasteiger partial charge is 0.494 e. The predicted octanol–water partition coefficient (Wildman–Crippen LogP) is 4.58. The van der Waals surface area contributed by atoms with E-state index < -0.39 is 11.9 Å². The van der Waals surface area contributed by atoms with Gasteiger partial charge in [-0.1, -0.05) is 36.7 Å². The second kappa shape index (κ2) is 12.2. The van der Waals surface area contributed by atoms with Crippen molar-refractivity contribution in [3.05, 3.63) is 64.9 Å². The van der Waals surface area contributed by atoms with E-state index in [1.54, 1.807) is 49.4 Å². The zero-order chi connectivity index (χ0) is 21.9. The van der Waals surface area contributed by atoms with Crippen molar-refractivity contribution in [3.63, 3.8) is 0 Å². The van der Waals surface area contributed by atoms with E-state index in [1.807, 2.05) is 6.92 Å². The molecule has 0 aliphatic heterocycles. The molecule has 2 rings (SSSR count). The molecule has 0 bridgehead atoms. The van der Waals surface area contributed by atoms with Crippen LogP contribution >= 0.6 is 11.6 Å². The van der Waals surface area contributed by atoms with Crippen molar-refractivity contribution in [1.82, 2.24) is 10.2 Å². The number of carbonyl (C=O) groups is 2. The number of carbonyl (C=O) groups excluding carboxylic acids is 2. The normalized spacial score (nSPS) is 11.6. The molecule has 2 aromatic carbocycles. The Morgan fingerprint density at radius 3 is 2.53 bits per heavy atom. The summed E-state index contributed by atoms with van der Waals surface area (Å²) in [6.07, 6.45) is 1.45. The quantitative estimate of drug-likeness (QED) is 0.526. The van der Waals surface area contributed by atoms with Crippen LogP contribution < -0.4 is 10.1 Å². The Kier molecular flexibility index (Phi) is 9.61. The van der Waals surface area contributed by atoms with E-state index in [0.717, 1.165) is 6.42 Å². The first-order chi connectivity index (χ1) is 14.4. The Morgan fingerprint density at radius 1 is 1.17 bits per heavy atom. The maximum Gasteiger partial charge on any atom is 0.242 e. The number of nitrogens with zero attached hydrogens (tertiary/aromatic N) is 1. The highest BCUT2D eigenvalue weighted by atomic mass is 35.5. The van der Waals surface area contributed by atoms with E-state index in [9.17, 15) is 14.0 Å². The molecule has 5 nitrogen and oxygen atoms in total. The topological polar surface area (TPSA) is 58.6 Å². The Hall–Kier alpha value is -2.60. The molecule has 2 amide bonds. The molecule has 30 heavy (non-hydrogen) atoms. The van der Waals surface area contributed by atoms with Gasteiger partial charge in [-0.3, -0.25) is 9.59 Å². The van der Waals surface area contributed by atoms with Gasteiger partial charge < -0.3 is 15.0 Å². The lowest BCUT2D eigenvalue weighted by atomic mass is 10.1. The number of rotatable bonds is 11. The number of benzene rings is 2. The molecule has 0 radical (unpaired) electrons. The van der Waals surface area contributed by atoms with E-state index in [4.69, 9.17) is 16.3 Å². The number of nitrogens with one attached hydrogen (secondary N) is 1. The molecule has 162 valence electrons. The van der Waals surface area contributed by atoms with E-state index >= 15 is 0 Å². The van der Waals surface area contributed by atoms with Crippen LogP contribution in [0.5, 0.6) is 5.75 Å². The van der Waals surface area contributed by atoms with Crippen molar-refractivity contribution in [2.24, 2.45) is 0 Å². The Balaban J connectivity index is 1.98. The Labute approximate surface area is 182 Å². The summed E-state index contributed by atoms with van der Waals surface area (Å²) in [5, 5.41) is 3.42. The lowest BCUT2D eigenvalue weighted by Crippen LogP contribution is -2.47. The van der Waals surface area contributed by atoms with Gasteiger partial charge in [0.15, 0.2) is 0 Å². The van der Waals surface area contributed by atoms with E-state index in [-0.39, 0.29) is 24.8 Å². The second-order valence-electron chi connectivity index (χ2n) is 6.99. The van der Waals surface area contributed by atoms with Crippen LogP contribution in [-0.2, 0) is 16.1 Å². The summed E-state index contributed by atoms with van der Waals surface area (Å²) in [5.74, 6) is -0.207. The minimum Gasteiger partial charge on any atom is -0.494 e. The first-order valence-electron chi connectivity index (χ1n) is 10.1. The molecule has 0 saturated carbocycles. The highest BCUT2D eigenvalue weighted by Gasteiger charge is 2.26. The third kappa shape index (κ3) is 7.34. The van der Waals surface area contributed by atoms with Gasteiger partial charge in [-0.25, -0.2) is 4.39 Å². The van der Waals surface area contributed by atoms with Crippen LogP contribution in [-0.4, -0.2) is 35.9 Å². The first-order valence-corrected chi connectivity index (χ1v) is 10.5. The van der Waals surface area contributed by atoms with Crippen molar-refractivity contribution in [2.75, 3.05) is 13.2 Å². The highest BCUT2D eigenvalue weighted by Crippen LogP contribution is 2.17. The maximum atomic E-state index is 14.1. The standard InChI is InChI=1S/C23H28ClFN2O3/c1-3-14-26-23(29)17(2)27(16-18-7-4-5-8-21(18)25)22(28)9-6-15-30-20-12-10-19(24)11-13-20/h4-5,7-8,10-13,17H,3,6,9,14-16H2,1-2H3,(H,26,29). The van der Waals surface area contributed by atoms with Crippen molar-refractivity contribution >= 4 is 23.4 Å². The number of ether oxygens (including phenoxy) is 1. The summed E-state index contributed by atoms with van der Waals surface area (Å²) >= 11 is 5.85. The van der Waals surface area contributed by atoms with E-state index in [1.165, 1.54) is 11.0 Å². The smallest absolute Gasteiger partial charge is 0.242 e. The van der Waals surface area contributed by atoms with Gasteiger partial charge in [-0.05, 0) is 50.1 Å². The predicted molar refractivity (Wildman–Crippen MR) is 116 cm³/mol. The zero-order valence-electron chi connectivity index (χ0n) is 17.4. The molecule has 0 fully saturated rings. The van der Waals surface area contributed by atoms with Gasteiger partial charge in [0, 0.05) is 30.1 Å². The van der Waals surface area contributed by atoms with Crippen molar-refractivity contribution in [2.45, 2.75) is 45.7 Å². The van der Waals surface area contributed by atoms with E-state index in [0.29, 0.717) is 35.9 Å². The Morgan fingerprint density at radius 2 is 1.87 bits per heavy atom. The fourth-order valence-corrected chi connectivity index (χ4v) is 3.00. The van der Waals surface area contributed by atoms with Crippen LogP contribution in [0.2, 0.25) is 5.02 Å². The molecular formula is C23H28ClFN2O3. The van der Waals surface area contributed by atoms with Crippen molar-refractivity contribution in [3.8, 4) is 5.75 Å². The average Bonchev–Trinajstić information content (AvgIpc) is 2.75. The van der Waals surface area contributed by atoms with Gasteiger partial charge in [0.2, 0.25) is 11.8 Å². The number of amides is 2. The number of hydrogen-bond donors (Lipinski definition) is 1. The molecule has 0 aliphatic rings. The first kappa shape index (κ1) is 23.7. The Bertz CT molecular complexity index is 829. The molecule has 0 heterocycles. The molecule has 1 unspecified atom stereocenters. The summed E-state index contributed by atoms with van der Waals surface area (Å²) in [5.41, 5.74) is 0.374. The minimum atomic E-state index is -0.708. The van der Waals surface area contributed by atoms with Gasteiger partial charge in [0.1, 0.15) is 17.6 Å². The van der Waals surface area contributed by atoms with Gasteiger partial charge in [0.05, 0.1) is 6.61 Å². The van der Waals surface area contributed by atoms with Gasteiger partial charge in [-0.15, -0.1) is 0 Å². The van der Waals surface area contributed by atoms with Crippen LogP contribution in [0, 0.1) is 5.82 Å². The van der Waals surface area contributed by atoms with Crippen LogP contribution in [0.3, 0.4) is 0 Å². The third-order valence-electron chi connectivity index (χ3n) is 4.63. The van der Waals surface area contributed by atoms with Crippen LogP contribution in [0.4, 0.5) is 4.39 Å². The molecule has 2 aromatic rings. The van der Waals surface area contributed by atoms with Crippen LogP contribution in [0.15, 0.2) is 48.5 Å². The summed E-state index contributed by atoms with van der Waals surface area (Å²) in [6.45, 7) is 4.52. The zero-order valence-corrected chi connectivity index (χ0v) is 18.1. The molecular weight excluding hydrogens is 407 g/mol. The van der Waals surface area contributed by atoms with Crippen LogP contribution in [0.25, 0.3) is 0 Å². The van der Waals surface area contributed by atoms with Crippen molar-refractivity contribution in [1.29, 1.82) is 0 Å². The summed E-state index contributed by atoms with van der Waals surface area (Å²) in [4.78, 5) is 26.7. The van der Waals surface area contributed by atoms with Gasteiger partial charge in [-0.2, -0.15) is 0 Å². The maximum absolute atomic E-state index is 14.1. The highest BCUT2D eigenvalue weighted by molar-refractivity contribution is 6.30. The molecule has 0 saturated heterocycles. The van der Waals surface area contributed by atoms with Gasteiger partial charge >= 0.3 is 0 Å². The minimum absolute atomic E-state index is 0.0320. The van der Waals surface area contributed by atoms with Crippen LogP contribution in [0.1, 0.15) is 38.7 Å². The lowest BCUT2D eigenvalue weighted by Gasteiger charge is -2.29. The average molecular weight is 435 g/mol. The lowest BCUT2D eigenvalue weighted by molar-refractivity contribution is -0.140. The summed E-state index contributed by atoms with van der Waals surface area (Å²) in [7, 11) is 0. The second-order valence-corrected chi connectivity index (χ2v) is 7.42. The number of halogens is 2. The summed E-state index contributed by atoms with van der Waals surface area (Å²) < 4.78 is 19.8. The van der Waals surface area contributed by atoms with E-state index in [2.05, 4.69) is 5.32 Å². The summed E-state index contributed by atoms with van der Waals surface area (Å²) in [6, 6.07) is 12.5. The monoisotopic (exact) mass is 434 g/mol. The SMILES string of the molecule is CCCNC(=O)C(C)N(Cc1ccccc1F)C(=O)CCCOc1ccc(Cl)cc1. The molecule has 0 aromatic heterocycles. The molecule has 1 N–H and O–H groups in total. The third-order valence-corrected chi connectivity index (χ3v) is 4.88. The number of hydrogen-bond acceptors (Lipinski definition) is 3. The molecule has 0 aliphatic carbocycles. The molecule has 7 heteroatoms. The molecule has 0 spiro atoms.